The number of thiophene rings is 1. The zero-order valence-electron chi connectivity index (χ0n) is 19.4. The molecule has 182 valence electrons. The number of carbonyl (C=O) groups is 4. The molecule has 34 heavy (non-hydrogen) atoms. The highest BCUT2D eigenvalue weighted by molar-refractivity contribution is 7.18. The van der Waals surface area contributed by atoms with Crippen molar-refractivity contribution in [2.45, 2.75) is 52.1 Å². The zero-order chi connectivity index (χ0) is 24.9. The molecule has 2 aromatic rings. The minimum atomic E-state index is -0.531. The number of unbranched alkanes of at least 4 members (excludes halogenated alkanes) is 3. The molecule has 8 nitrogen and oxygen atoms in total. The van der Waals surface area contributed by atoms with Crippen molar-refractivity contribution < 1.29 is 23.9 Å². The van der Waals surface area contributed by atoms with E-state index in [0.29, 0.717) is 34.4 Å². The second-order valence-electron chi connectivity index (χ2n) is 8.89. The van der Waals surface area contributed by atoms with Gasteiger partial charge in [0.25, 0.3) is 17.7 Å². The van der Waals surface area contributed by atoms with Gasteiger partial charge in [-0.1, -0.05) is 30.5 Å². The van der Waals surface area contributed by atoms with E-state index in [4.69, 9.17) is 16.3 Å². The topological polar surface area (TPSA) is 105 Å². The number of carbonyl (C=O) groups excluding carboxylic acids is 4. The average Bonchev–Trinajstić information content (AvgIpc) is 3.29. The van der Waals surface area contributed by atoms with Crippen LogP contribution < -0.4 is 10.6 Å². The van der Waals surface area contributed by atoms with E-state index in [2.05, 4.69) is 10.6 Å². The van der Waals surface area contributed by atoms with Crippen LogP contribution in [0.5, 0.6) is 0 Å². The molecule has 0 unspecified atom stereocenters. The number of amides is 4. The van der Waals surface area contributed by atoms with E-state index in [-0.39, 0.29) is 22.9 Å². The number of nitrogens with one attached hydrogen (secondary N) is 2. The summed E-state index contributed by atoms with van der Waals surface area (Å²) in [6.45, 7) is 6.22. The number of benzene rings is 1. The molecule has 0 spiro atoms. The van der Waals surface area contributed by atoms with E-state index in [1.165, 1.54) is 4.90 Å². The molecule has 0 aliphatic carbocycles. The number of anilines is 1. The Balaban J connectivity index is 1.48. The molecule has 0 bridgehead atoms. The molecule has 4 amide bonds. The van der Waals surface area contributed by atoms with Gasteiger partial charge in [-0.2, -0.15) is 0 Å². The fourth-order valence-electron chi connectivity index (χ4n) is 3.51. The molecule has 0 saturated heterocycles. The molecule has 1 aliphatic rings. The highest BCUT2D eigenvalue weighted by Gasteiger charge is 2.37. The number of rotatable bonds is 9. The van der Waals surface area contributed by atoms with Gasteiger partial charge in [0.05, 0.1) is 26.0 Å². The highest BCUT2D eigenvalue weighted by atomic mass is 35.5. The van der Waals surface area contributed by atoms with Gasteiger partial charge >= 0.3 is 6.09 Å². The van der Waals surface area contributed by atoms with E-state index < -0.39 is 17.6 Å². The molecule has 0 saturated carbocycles. The number of halogens is 1. The van der Waals surface area contributed by atoms with E-state index in [0.717, 1.165) is 30.6 Å². The van der Waals surface area contributed by atoms with Crippen molar-refractivity contribution >= 4 is 52.4 Å². The molecule has 10 heteroatoms. The van der Waals surface area contributed by atoms with Crippen molar-refractivity contribution in [1.29, 1.82) is 0 Å². The van der Waals surface area contributed by atoms with E-state index >= 15 is 0 Å². The number of nitrogens with zero attached hydrogens (tertiary/aromatic N) is 1. The van der Waals surface area contributed by atoms with E-state index in [9.17, 15) is 19.2 Å². The van der Waals surface area contributed by atoms with Crippen molar-refractivity contribution in [2.24, 2.45) is 0 Å². The van der Waals surface area contributed by atoms with Crippen LogP contribution in [0.3, 0.4) is 0 Å². The van der Waals surface area contributed by atoms with Gasteiger partial charge in [0, 0.05) is 13.1 Å². The summed E-state index contributed by atoms with van der Waals surface area (Å²) in [6.07, 6.45) is 2.61. The van der Waals surface area contributed by atoms with Crippen LogP contribution in [0.1, 0.15) is 76.8 Å². The lowest BCUT2D eigenvalue weighted by Crippen LogP contribution is -2.33. The van der Waals surface area contributed by atoms with E-state index in [1.54, 1.807) is 30.3 Å². The first-order valence-electron chi connectivity index (χ1n) is 11.1. The fourth-order valence-corrected chi connectivity index (χ4v) is 4.45. The third kappa shape index (κ3) is 6.57. The SMILES string of the molecule is CC(C)(C)OC(=O)NCCCCCCN1C(=O)c2cccc(NC(=O)c3ccc(Cl)s3)c2C1=O. The second-order valence-corrected chi connectivity index (χ2v) is 10.6. The summed E-state index contributed by atoms with van der Waals surface area (Å²) in [6, 6.07) is 8.07. The molecule has 2 N–H and O–H groups in total. The van der Waals surface area contributed by atoms with Crippen LogP contribution in [-0.2, 0) is 4.74 Å². The van der Waals surface area contributed by atoms with Crippen molar-refractivity contribution in [1.82, 2.24) is 10.2 Å². The smallest absolute Gasteiger partial charge is 0.407 e. The number of alkyl carbamates (subject to hydrolysis) is 1. The Kier molecular flexibility index (Phi) is 8.33. The van der Waals surface area contributed by atoms with Gasteiger partial charge in [-0.25, -0.2) is 4.79 Å². The first-order valence-corrected chi connectivity index (χ1v) is 12.3. The van der Waals surface area contributed by atoms with Gasteiger partial charge in [-0.05, 0) is 57.9 Å². The minimum absolute atomic E-state index is 0.213. The number of hydrogen-bond donors (Lipinski definition) is 2. The minimum Gasteiger partial charge on any atom is -0.444 e. The lowest BCUT2D eigenvalue weighted by molar-refractivity contribution is 0.0524. The number of hydrogen-bond acceptors (Lipinski definition) is 6. The third-order valence-electron chi connectivity index (χ3n) is 5.02. The lowest BCUT2D eigenvalue weighted by Gasteiger charge is -2.19. The maximum atomic E-state index is 13.0. The van der Waals surface area contributed by atoms with Crippen LogP contribution in [0.4, 0.5) is 10.5 Å². The number of imide groups is 1. The summed E-state index contributed by atoms with van der Waals surface area (Å²) in [7, 11) is 0. The van der Waals surface area contributed by atoms with E-state index in [1.807, 2.05) is 20.8 Å². The average molecular weight is 506 g/mol. The fraction of sp³-hybridized carbons (Fsp3) is 0.417. The third-order valence-corrected chi connectivity index (χ3v) is 6.25. The molecule has 1 aromatic heterocycles. The first kappa shape index (κ1) is 25.7. The van der Waals surface area contributed by atoms with Gasteiger partial charge in [-0.15, -0.1) is 11.3 Å². The van der Waals surface area contributed by atoms with Crippen molar-refractivity contribution in [3.63, 3.8) is 0 Å². The Morgan fingerprint density at radius 2 is 1.76 bits per heavy atom. The van der Waals surface area contributed by atoms with Gasteiger partial charge < -0.3 is 15.4 Å². The quantitative estimate of drug-likeness (QED) is 0.354. The summed E-state index contributed by atoms with van der Waals surface area (Å²) in [5.41, 5.74) is 0.274. The normalized spacial score (nSPS) is 13.1. The summed E-state index contributed by atoms with van der Waals surface area (Å²) >= 11 is 7.03. The van der Waals surface area contributed by atoms with Crippen LogP contribution >= 0.6 is 22.9 Å². The molecule has 0 atom stereocenters. The maximum Gasteiger partial charge on any atom is 0.407 e. The number of fused-ring (bicyclic) bond motifs is 1. The summed E-state index contributed by atoms with van der Waals surface area (Å²) in [4.78, 5) is 51.5. The van der Waals surface area contributed by atoms with Crippen LogP contribution in [0, 0.1) is 0 Å². The Morgan fingerprint density at radius 1 is 1.03 bits per heavy atom. The van der Waals surface area contributed by atoms with Crippen molar-refractivity contribution in [3.8, 4) is 0 Å². The Bertz CT molecular complexity index is 1090. The van der Waals surface area contributed by atoms with Crippen molar-refractivity contribution in [3.05, 3.63) is 50.7 Å². The lowest BCUT2D eigenvalue weighted by atomic mass is 10.1. The maximum absolute atomic E-state index is 13.0. The molecule has 1 aromatic carbocycles. The largest absolute Gasteiger partial charge is 0.444 e. The first-order chi connectivity index (χ1) is 16.1. The standard InChI is InChI=1S/C24H28ClN3O5S/c1-24(2,3)33-23(32)26-13-6-4-5-7-14-28-21(30)15-9-8-10-16(19(15)22(28)31)27-20(29)17-11-12-18(25)34-17/h8-12H,4-7,13-14H2,1-3H3,(H,26,32)(H,27,29). The Hall–Kier alpha value is -2.91. The van der Waals surface area contributed by atoms with Crippen LogP contribution in [-0.4, -0.2) is 47.4 Å². The molecular formula is C24H28ClN3O5S. The molecule has 0 radical (unpaired) electrons. The molecule has 1 aliphatic heterocycles. The van der Waals surface area contributed by atoms with Crippen molar-refractivity contribution in [2.75, 3.05) is 18.4 Å². The van der Waals surface area contributed by atoms with Gasteiger partial charge in [-0.3, -0.25) is 19.3 Å². The van der Waals surface area contributed by atoms with Gasteiger partial charge in [0.1, 0.15) is 5.60 Å². The Labute approximate surface area is 207 Å². The molecule has 2 heterocycles. The van der Waals surface area contributed by atoms with Gasteiger partial charge in [0.15, 0.2) is 0 Å². The predicted molar refractivity (Wildman–Crippen MR) is 132 cm³/mol. The second kappa shape index (κ2) is 11.0. The van der Waals surface area contributed by atoms with Crippen LogP contribution in [0.15, 0.2) is 30.3 Å². The Morgan fingerprint density at radius 3 is 2.44 bits per heavy atom. The molecular weight excluding hydrogens is 478 g/mol. The monoisotopic (exact) mass is 505 g/mol. The number of ether oxygens (including phenoxy) is 1. The summed E-state index contributed by atoms with van der Waals surface area (Å²) in [5.74, 6) is -1.16. The van der Waals surface area contributed by atoms with Crippen LogP contribution in [0.2, 0.25) is 4.34 Å². The zero-order valence-corrected chi connectivity index (χ0v) is 21.0. The summed E-state index contributed by atoms with van der Waals surface area (Å²) < 4.78 is 5.67. The molecule has 3 rings (SSSR count). The predicted octanol–water partition coefficient (Wildman–Crippen LogP) is 5.33. The van der Waals surface area contributed by atoms with Gasteiger partial charge in [0.2, 0.25) is 0 Å². The molecule has 0 fully saturated rings. The highest BCUT2D eigenvalue weighted by Crippen LogP contribution is 2.31. The van der Waals surface area contributed by atoms with Crippen LogP contribution in [0.25, 0.3) is 0 Å². The summed E-state index contributed by atoms with van der Waals surface area (Å²) in [5, 5.41) is 5.44.